The summed E-state index contributed by atoms with van der Waals surface area (Å²) in [5.41, 5.74) is 0. The van der Waals surface area contributed by atoms with Crippen molar-refractivity contribution in [3.8, 4) is 0 Å². The zero-order valence-electron chi connectivity index (χ0n) is 9.44. The van der Waals surface area contributed by atoms with Crippen molar-refractivity contribution in [2.45, 2.75) is 25.8 Å². The quantitative estimate of drug-likeness (QED) is 0.855. The summed E-state index contributed by atoms with van der Waals surface area (Å²) >= 11 is 1.68. The van der Waals surface area contributed by atoms with E-state index in [0.717, 1.165) is 11.0 Å². The first-order chi connectivity index (χ1) is 7.25. The first-order valence-corrected chi connectivity index (χ1v) is 6.48. The smallest absolute Gasteiger partial charge is 0.182 e. The van der Waals surface area contributed by atoms with Crippen molar-refractivity contribution in [2.75, 3.05) is 25.5 Å². The summed E-state index contributed by atoms with van der Waals surface area (Å²) in [5, 5.41) is 6.56. The molecule has 1 aliphatic rings. The third kappa shape index (κ3) is 2.92. The monoisotopic (exact) mass is 225 g/mol. The first-order valence-electron chi connectivity index (χ1n) is 5.60. The summed E-state index contributed by atoms with van der Waals surface area (Å²) in [6, 6.07) is 0.527. The lowest BCUT2D eigenvalue weighted by atomic mass is 9.92. The number of hydrogen-bond donors (Lipinski definition) is 1. The van der Waals surface area contributed by atoms with Gasteiger partial charge in [-0.05, 0) is 39.3 Å². The zero-order chi connectivity index (χ0) is 10.7. The van der Waals surface area contributed by atoms with E-state index in [1.165, 1.54) is 25.9 Å². The molecule has 1 saturated heterocycles. The summed E-state index contributed by atoms with van der Waals surface area (Å²) in [6.45, 7) is 4.73. The molecule has 0 radical (unpaired) electrons. The van der Waals surface area contributed by atoms with Crippen molar-refractivity contribution in [2.24, 2.45) is 5.92 Å². The number of likely N-dealkylation sites (tertiary alicyclic amines) is 1. The fourth-order valence-corrected chi connectivity index (χ4v) is 2.85. The van der Waals surface area contributed by atoms with Crippen molar-refractivity contribution < 1.29 is 0 Å². The second-order valence-corrected chi connectivity index (χ2v) is 5.33. The van der Waals surface area contributed by atoms with E-state index in [4.69, 9.17) is 0 Å². The number of hydrogen-bond acceptors (Lipinski definition) is 4. The Morgan fingerprint density at radius 3 is 3.20 bits per heavy atom. The molecule has 4 heteroatoms. The largest absolute Gasteiger partial charge is 0.359 e. The van der Waals surface area contributed by atoms with Crippen molar-refractivity contribution in [3.63, 3.8) is 0 Å². The minimum Gasteiger partial charge on any atom is -0.359 e. The van der Waals surface area contributed by atoms with Crippen molar-refractivity contribution in [1.82, 2.24) is 9.88 Å². The zero-order valence-corrected chi connectivity index (χ0v) is 10.3. The van der Waals surface area contributed by atoms with Crippen molar-refractivity contribution in [1.29, 1.82) is 0 Å². The highest BCUT2D eigenvalue weighted by molar-refractivity contribution is 7.13. The van der Waals surface area contributed by atoms with E-state index in [-0.39, 0.29) is 0 Å². The fraction of sp³-hybridized carbons (Fsp3) is 0.727. The molecule has 3 nitrogen and oxygen atoms in total. The van der Waals surface area contributed by atoms with Gasteiger partial charge in [0.25, 0.3) is 0 Å². The average Bonchev–Trinajstić information content (AvgIpc) is 2.70. The van der Waals surface area contributed by atoms with Crippen LogP contribution in [0.3, 0.4) is 0 Å². The normalized spacial score (nSPS) is 25.1. The number of nitrogens with one attached hydrogen (secondary N) is 1. The van der Waals surface area contributed by atoms with Crippen LogP contribution in [0.1, 0.15) is 19.8 Å². The highest BCUT2D eigenvalue weighted by Crippen LogP contribution is 2.22. The van der Waals surface area contributed by atoms with Gasteiger partial charge < -0.3 is 10.2 Å². The van der Waals surface area contributed by atoms with Gasteiger partial charge in [0, 0.05) is 24.2 Å². The Bertz CT molecular complexity index is 286. The fourth-order valence-electron chi connectivity index (χ4n) is 2.22. The molecule has 1 aliphatic heterocycles. The Morgan fingerprint density at radius 2 is 2.53 bits per heavy atom. The second-order valence-electron chi connectivity index (χ2n) is 4.43. The Balaban J connectivity index is 1.87. The number of piperidine rings is 1. The average molecular weight is 225 g/mol. The molecule has 1 aromatic rings. The number of nitrogens with zero attached hydrogens (tertiary/aromatic N) is 2. The van der Waals surface area contributed by atoms with Crippen LogP contribution >= 0.6 is 11.3 Å². The molecule has 0 aliphatic carbocycles. The van der Waals surface area contributed by atoms with Gasteiger partial charge in [-0.15, -0.1) is 11.3 Å². The van der Waals surface area contributed by atoms with Crippen LogP contribution < -0.4 is 5.32 Å². The molecule has 84 valence electrons. The van der Waals surface area contributed by atoms with E-state index in [9.17, 15) is 0 Å². The Hall–Kier alpha value is -0.610. The van der Waals surface area contributed by atoms with Gasteiger partial charge in [0.2, 0.25) is 0 Å². The molecule has 0 saturated carbocycles. The van der Waals surface area contributed by atoms with Crippen LogP contribution in [-0.4, -0.2) is 36.1 Å². The highest BCUT2D eigenvalue weighted by atomic mass is 32.1. The molecule has 0 spiro atoms. The molecule has 0 amide bonds. The van der Waals surface area contributed by atoms with Gasteiger partial charge in [-0.2, -0.15) is 0 Å². The first kappa shape index (κ1) is 10.9. The number of anilines is 1. The molecule has 2 rings (SSSR count). The number of aromatic nitrogens is 1. The van der Waals surface area contributed by atoms with Crippen LogP contribution in [0.2, 0.25) is 0 Å². The topological polar surface area (TPSA) is 28.2 Å². The number of thiazole rings is 1. The lowest BCUT2D eigenvalue weighted by molar-refractivity contribution is 0.197. The van der Waals surface area contributed by atoms with Crippen LogP contribution in [0.15, 0.2) is 11.6 Å². The minimum atomic E-state index is 0.527. The summed E-state index contributed by atoms with van der Waals surface area (Å²) in [4.78, 5) is 6.69. The molecule has 1 fully saturated rings. The molecule has 15 heavy (non-hydrogen) atoms. The molecule has 0 aromatic carbocycles. The minimum absolute atomic E-state index is 0.527. The molecule has 1 N–H and O–H groups in total. The summed E-state index contributed by atoms with van der Waals surface area (Å²) in [6.07, 6.45) is 4.52. The predicted octanol–water partition coefficient (Wildman–Crippen LogP) is 2.29. The van der Waals surface area contributed by atoms with E-state index in [1.54, 1.807) is 11.3 Å². The van der Waals surface area contributed by atoms with Crippen LogP contribution in [-0.2, 0) is 0 Å². The Labute approximate surface area is 95.5 Å². The van der Waals surface area contributed by atoms with Gasteiger partial charge in [-0.25, -0.2) is 4.98 Å². The van der Waals surface area contributed by atoms with Gasteiger partial charge in [-0.1, -0.05) is 0 Å². The van der Waals surface area contributed by atoms with Crippen molar-refractivity contribution in [3.05, 3.63) is 11.6 Å². The SMILES string of the molecule is CC(Nc1nccs1)C1CCCN(C)C1. The van der Waals surface area contributed by atoms with Gasteiger partial charge >= 0.3 is 0 Å². The summed E-state index contributed by atoms with van der Waals surface area (Å²) < 4.78 is 0. The van der Waals surface area contributed by atoms with Crippen LogP contribution in [0.4, 0.5) is 5.13 Å². The highest BCUT2D eigenvalue weighted by Gasteiger charge is 2.22. The molecule has 2 unspecified atom stereocenters. The lowest BCUT2D eigenvalue weighted by Gasteiger charge is -2.33. The van der Waals surface area contributed by atoms with Gasteiger partial charge in [0.05, 0.1) is 0 Å². The molecule has 1 aromatic heterocycles. The maximum Gasteiger partial charge on any atom is 0.182 e. The maximum atomic E-state index is 4.26. The molecular weight excluding hydrogens is 206 g/mol. The van der Waals surface area contributed by atoms with Crippen molar-refractivity contribution >= 4 is 16.5 Å². The lowest BCUT2D eigenvalue weighted by Crippen LogP contribution is -2.39. The van der Waals surface area contributed by atoms with Crippen LogP contribution in [0.5, 0.6) is 0 Å². The Morgan fingerprint density at radius 1 is 1.67 bits per heavy atom. The third-order valence-corrected chi connectivity index (χ3v) is 3.86. The second kappa shape index (κ2) is 4.94. The van der Waals surface area contributed by atoms with E-state index in [1.807, 2.05) is 11.6 Å². The molecular formula is C11H19N3S. The Kier molecular flexibility index (Phi) is 3.59. The van der Waals surface area contributed by atoms with E-state index < -0.39 is 0 Å². The molecule has 0 bridgehead atoms. The maximum absolute atomic E-state index is 4.26. The van der Waals surface area contributed by atoms with Gasteiger partial charge in [-0.3, -0.25) is 0 Å². The van der Waals surface area contributed by atoms with Gasteiger partial charge in [0.15, 0.2) is 5.13 Å². The molecule has 2 atom stereocenters. The molecule has 2 heterocycles. The predicted molar refractivity (Wildman–Crippen MR) is 65.4 cm³/mol. The van der Waals surface area contributed by atoms with Gasteiger partial charge in [0.1, 0.15) is 0 Å². The van der Waals surface area contributed by atoms with Crippen LogP contribution in [0, 0.1) is 5.92 Å². The van der Waals surface area contributed by atoms with E-state index >= 15 is 0 Å². The number of rotatable bonds is 3. The van der Waals surface area contributed by atoms with Crippen LogP contribution in [0.25, 0.3) is 0 Å². The summed E-state index contributed by atoms with van der Waals surface area (Å²) in [5.74, 6) is 0.757. The third-order valence-electron chi connectivity index (χ3n) is 3.15. The van der Waals surface area contributed by atoms with E-state index in [2.05, 4.69) is 29.2 Å². The van der Waals surface area contributed by atoms with E-state index in [0.29, 0.717) is 6.04 Å². The summed E-state index contributed by atoms with van der Waals surface area (Å²) in [7, 11) is 2.21. The standard InChI is InChI=1S/C11H19N3S/c1-9(13-11-12-5-7-15-11)10-4-3-6-14(2)8-10/h5,7,9-10H,3-4,6,8H2,1-2H3,(H,12,13).